The molecule has 3 rings (SSSR count). The van der Waals surface area contributed by atoms with Crippen molar-refractivity contribution in [2.45, 2.75) is 61.4 Å². The SMILES string of the molecule is CNC1CCCN(C(=O)C2(NS(=O)(=O)c3cccc(F)c3)CCCCC2)C1. The quantitative estimate of drug-likeness (QED) is 0.797. The van der Waals surface area contributed by atoms with Gasteiger partial charge in [0, 0.05) is 19.1 Å². The second-order valence-electron chi connectivity index (χ2n) is 7.58. The first kappa shape index (κ1) is 20.2. The van der Waals surface area contributed by atoms with E-state index >= 15 is 0 Å². The highest BCUT2D eigenvalue weighted by molar-refractivity contribution is 7.89. The summed E-state index contributed by atoms with van der Waals surface area (Å²) in [5, 5.41) is 3.21. The molecule has 0 aromatic heterocycles. The van der Waals surface area contributed by atoms with Gasteiger partial charge >= 0.3 is 0 Å². The van der Waals surface area contributed by atoms with Crippen molar-refractivity contribution >= 4 is 15.9 Å². The molecule has 1 saturated heterocycles. The Hall–Kier alpha value is -1.51. The summed E-state index contributed by atoms with van der Waals surface area (Å²) in [4.78, 5) is 15.0. The maximum atomic E-state index is 13.5. The van der Waals surface area contributed by atoms with Gasteiger partial charge in [-0.25, -0.2) is 12.8 Å². The molecule has 8 heteroatoms. The molecule has 150 valence electrons. The van der Waals surface area contributed by atoms with Crippen molar-refractivity contribution < 1.29 is 17.6 Å². The number of hydrogen-bond acceptors (Lipinski definition) is 4. The first-order valence-electron chi connectivity index (χ1n) is 9.62. The average Bonchev–Trinajstić information content (AvgIpc) is 2.68. The van der Waals surface area contributed by atoms with Crippen molar-refractivity contribution in [3.8, 4) is 0 Å². The van der Waals surface area contributed by atoms with E-state index in [1.807, 2.05) is 7.05 Å². The molecule has 0 bridgehead atoms. The lowest BCUT2D eigenvalue weighted by molar-refractivity contribution is -0.140. The minimum absolute atomic E-state index is 0.146. The summed E-state index contributed by atoms with van der Waals surface area (Å²) in [6.45, 7) is 1.22. The first-order valence-corrected chi connectivity index (χ1v) is 11.1. The second-order valence-corrected chi connectivity index (χ2v) is 9.27. The lowest BCUT2D eigenvalue weighted by atomic mass is 9.81. The van der Waals surface area contributed by atoms with Gasteiger partial charge in [0.15, 0.2) is 0 Å². The molecule has 2 fully saturated rings. The zero-order chi connectivity index (χ0) is 19.5. The van der Waals surface area contributed by atoms with Crippen molar-refractivity contribution in [2.75, 3.05) is 20.1 Å². The Morgan fingerprint density at radius 2 is 1.96 bits per heavy atom. The number of carbonyl (C=O) groups is 1. The molecule has 1 amide bonds. The van der Waals surface area contributed by atoms with Gasteiger partial charge in [-0.2, -0.15) is 4.72 Å². The molecule has 1 saturated carbocycles. The molecule has 27 heavy (non-hydrogen) atoms. The van der Waals surface area contributed by atoms with Crippen molar-refractivity contribution in [1.82, 2.24) is 14.9 Å². The summed E-state index contributed by atoms with van der Waals surface area (Å²) < 4.78 is 42.0. The van der Waals surface area contributed by atoms with E-state index in [0.717, 1.165) is 38.2 Å². The number of likely N-dealkylation sites (tertiary alicyclic amines) is 1. The maximum absolute atomic E-state index is 13.5. The van der Waals surface area contributed by atoms with Gasteiger partial charge in [0.05, 0.1) is 4.90 Å². The van der Waals surface area contributed by atoms with Gasteiger partial charge in [0.25, 0.3) is 0 Å². The highest BCUT2D eigenvalue weighted by Crippen LogP contribution is 2.32. The molecule has 1 unspecified atom stereocenters. The Balaban J connectivity index is 1.87. The van der Waals surface area contributed by atoms with Gasteiger partial charge in [-0.15, -0.1) is 0 Å². The minimum Gasteiger partial charge on any atom is -0.340 e. The van der Waals surface area contributed by atoms with Crippen LogP contribution in [0.25, 0.3) is 0 Å². The Morgan fingerprint density at radius 3 is 2.63 bits per heavy atom. The number of piperidine rings is 1. The zero-order valence-electron chi connectivity index (χ0n) is 15.7. The predicted molar refractivity (Wildman–Crippen MR) is 101 cm³/mol. The number of nitrogens with zero attached hydrogens (tertiary/aromatic N) is 1. The molecule has 6 nitrogen and oxygen atoms in total. The fourth-order valence-electron chi connectivity index (χ4n) is 4.17. The minimum atomic E-state index is -4.00. The monoisotopic (exact) mass is 397 g/mol. The molecule has 2 N–H and O–H groups in total. The molecule has 1 heterocycles. The summed E-state index contributed by atoms with van der Waals surface area (Å²) >= 11 is 0. The maximum Gasteiger partial charge on any atom is 0.243 e. The van der Waals surface area contributed by atoms with Crippen molar-refractivity contribution in [2.24, 2.45) is 0 Å². The molecule has 0 radical (unpaired) electrons. The lowest BCUT2D eigenvalue weighted by Crippen LogP contribution is -2.62. The number of carbonyl (C=O) groups excluding carboxylic acids is 1. The summed E-state index contributed by atoms with van der Waals surface area (Å²) in [6, 6.07) is 5.13. The number of benzene rings is 1. The largest absolute Gasteiger partial charge is 0.340 e. The van der Waals surface area contributed by atoms with E-state index in [1.165, 1.54) is 18.2 Å². The van der Waals surface area contributed by atoms with Gasteiger partial charge in [-0.05, 0) is 50.9 Å². The number of rotatable bonds is 5. The van der Waals surface area contributed by atoms with Gasteiger partial charge in [-0.1, -0.05) is 25.3 Å². The van der Waals surface area contributed by atoms with Crippen LogP contribution >= 0.6 is 0 Å². The molecular formula is C19H28FN3O3S. The van der Waals surface area contributed by atoms with Crippen LogP contribution in [0.4, 0.5) is 4.39 Å². The number of sulfonamides is 1. The number of nitrogens with one attached hydrogen (secondary N) is 2. The van der Waals surface area contributed by atoms with Gasteiger partial charge in [0.2, 0.25) is 15.9 Å². The number of amides is 1. The van der Waals surface area contributed by atoms with E-state index in [2.05, 4.69) is 10.0 Å². The Labute approximate surface area is 160 Å². The standard InChI is InChI=1S/C19H28FN3O3S/c1-21-16-8-6-12-23(14-16)18(24)19(10-3-2-4-11-19)22-27(25,26)17-9-5-7-15(20)13-17/h5,7,9,13,16,21-22H,2-4,6,8,10-12,14H2,1H3. The third kappa shape index (κ3) is 4.50. The Bertz CT molecular complexity index is 778. The van der Waals surface area contributed by atoms with Crippen LogP contribution in [0.15, 0.2) is 29.2 Å². The van der Waals surface area contributed by atoms with Crippen LogP contribution < -0.4 is 10.0 Å². The molecule has 1 atom stereocenters. The van der Waals surface area contributed by atoms with E-state index in [4.69, 9.17) is 0 Å². The number of hydrogen-bond donors (Lipinski definition) is 2. The van der Waals surface area contributed by atoms with Crippen LogP contribution in [0.5, 0.6) is 0 Å². The Morgan fingerprint density at radius 1 is 1.22 bits per heavy atom. The van der Waals surface area contributed by atoms with Crippen LogP contribution in [-0.4, -0.2) is 50.9 Å². The van der Waals surface area contributed by atoms with Gasteiger partial charge in [0.1, 0.15) is 11.4 Å². The molecule has 1 aromatic carbocycles. The summed E-state index contributed by atoms with van der Waals surface area (Å²) in [5.41, 5.74) is -1.14. The number of likely N-dealkylation sites (N-methyl/N-ethyl adjacent to an activating group) is 1. The van der Waals surface area contributed by atoms with E-state index in [9.17, 15) is 17.6 Å². The third-order valence-corrected chi connectivity index (χ3v) is 7.20. The third-order valence-electron chi connectivity index (χ3n) is 5.67. The summed E-state index contributed by atoms with van der Waals surface area (Å²) in [6.07, 6.45) is 5.41. The summed E-state index contributed by atoms with van der Waals surface area (Å²) in [7, 11) is -2.12. The van der Waals surface area contributed by atoms with Crippen LogP contribution in [0, 0.1) is 5.82 Å². The van der Waals surface area contributed by atoms with E-state index < -0.39 is 21.4 Å². The van der Waals surface area contributed by atoms with Crippen molar-refractivity contribution in [3.05, 3.63) is 30.1 Å². The van der Waals surface area contributed by atoms with Crippen molar-refractivity contribution in [1.29, 1.82) is 0 Å². The fraction of sp³-hybridized carbons (Fsp3) is 0.632. The molecule has 2 aliphatic rings. The van der Waals surface area contributed by atoms with Gasteiger partial charge < -0.3 is 10.2 Å². The second kappa shape index (κ2) is 8.24. The van der Waals surface area contributed by atoms with Crippen LogP contribution in [-0.2, 0) is 14.8 Å². The summed E-state index contributed by atoms with van der Waals surface area (Å²) in [5.74, 6) is -0.767. The first-order chi connectivity index (χ1) is 12.9. The molecule has 1 aromatic rings. The van der Waals surface area contributed by atoms with E-state index in [1.54, 1.807) is 4.90 Å². The van der Waals surface area contributed by atoms with Crippen LogP contribution in [0.3, 0.4) is 0 Å². The average molecular weight is 398 g/mol. The van der Waals surface area contributed by atoms with E-state index in [0.29, 0.717) is 25.9 Å². The topological polar surface area (TPSA) is 78.5 Å². The van der Waals surface area contributed by atoms with Crippen molar-refractivity contribution in [3.63, 3.8) is 0 Å². The highest BCUT2D eigenvalue weighted by Gasteiger charge is 2.45. The molecular weight excluding hydrogens is 369 g/mol. The molecule has 1 aliphatic heterocycles. The van der Waals surface area contributed by atoms with Crippen LogP contribution in [0.2, 0.25) is 0 Å². The lowest BCUT2D eigenvalue weighted by Gasteiger charge is -2.42. The fourth-order valence-corrected chi connectivity index (χ4v) is 5.61. The normalized spacial score (nSPS) is 23.2. The van der Waals surface area contributed by atoms with Gasteiger partial charge in [-0.3, -0.25) is 4.79 Å². The number of halogens is 1. The highest BCUT2D eigenvalue weighted by atomic mass is 32.2. The Kier molecular flexibility index (Phi) is 6.18. The molecule has 0 spiro atoms. The molecule has 1 aliphatic carbocycles. The van der Waals surface area contributed by atoms with E-state index in [-0.39, 0.29) is 16.8 Å². The van der Waals surface area contributed by atoms with Crippen LogP contribution in [0.1, 0.15) is 44.9 Å². The smallest absolute Gasteiger partial charge is 0.243 e. The predicted octanol–water partition coefficient (Wildman–Crippen LogP) is 2.02. The zero-order valence-corrected chi connectivity index (χ0v) is 16.5.